The fourth-order valence-corrected chi connectivity index (χ4v) is 10.2. The largest absolute Gasteiger partial charge is 0.386 e. The molecular weight excluding hydrogens is 655 g/mol. The Morgan fingerprint density at radius 3 is 2.09 bits per heavy atom. The van der Waals surface area contributed by atoms with E-state index in [1.165, 1.54) is 36.9 Å². The molecule has 3 aromatic rings. The minimum absolute atomic E-state index is 0.0411. The van der Waals surface area contributed by atoms with Crippen LogP contribution in [-0.2, 0) is 19.3 Å². The molecule has 3 unspecified atom stereocenters. The van der Waals surface area contributed by atoms with Crippen molar-refractivity contribution >= 4 is 48.8 Å². The topological polar surface area (TPSA) is 119 Å². The number of thiazole rings is 1. The summed E-state index contributed by atoms with van der Waals surface area (Å²) >= 11 is 1.40. The van der Waals surface area contributed by atoms with Crippen LogP contribution in [0.3, 0.4) is 0 Å². The van der Waals surface area contributed by atoms with Crippen LogP contribution in [0.5, 0.6) is 0 Å². The van der Waals surface area contributed by atoms with Crippen LogP contribution in [0.1, 0.15) is 61.8 Å². The number of fused-ring (bicyclic) bond motifs is 3. The lowest BCUT2D eigenvalue weighted by atomic mass is 9.79. The predicted molar refractivity (Wildman–Crippen MR) is 191 cm³/mol. The molecule has 2 fully saturated rings. The second-order valence-corrected chi connectivity index (χ2v) is 30.2. The van der Waals surface area contributed by atoms with E-state index in [0.717, 1.165) is 35.4 Å². The van der Waals surface area contributed by atoms with E-state index in [-0.39, 0.29) is 24.3 Å². The smallest absolute Gasteiger partial charge is 0.181 e. The van der Waals surface area contributed by atoms with Crippen LogP contribution < -0.4 is 4.90 Å². The van der Waals surface area contributed by atoms with Gasteiger partial charge in [-0.2, -0.15) is 9.61 Å². The van der Waals surface area contributed by atoms with Crippen molar-refractivity contribution < 1.29 is 23.0 Å². The highest BCUT2D eigenvalue weighted by Crippen LogP contribution is 2.50. The highest BCUT2D eigenvalue weighted by Gasteiger charge is 2.39. The number of anilines is 1. The van der Waals surface area contributed by atoms with Gasteiger partial charge in [0.2, 0.25) is 0 Å². The van der Waals surface area contributed by atoms with Gasteiger partial charge in [-0.15, -0.1) is 11.3 Å². The van der Waals surface area contributed by atoms with Crippen molar-refractivity contribution in [3.63, 3.8) is 0 Å². The molecule has 3 aromatic heterocycles. The molecule has 2 aliphatic rings. The summed E-state index contributed by atoms with van der Waals surface area (Å²) in [6.07, 6.45) is 9.59. The van der Waals surface area contributed by atoms with E-state index in [1.54, 1.807) is 23.8 Å². The molecule has 0 aliphatic heterocycles. The summed E-state index contributed by atoms with van der Waals surface area (Å²) in [6, 6.07) is 2.00. The Morgan fingerprint density at radius 1 is 1.00 bits per heavy atom. The average molecular weight is 708 g/mol. The first kappa shape index (κ1) is 35.6. The first-order valence-electron chi connectivity index (χ1n) is 16.7. The van der Waals surface area contributed by atoms with Crippen molar-refractivity contribution in [2.24, 2.45) is 11.8 Å². The molecule has 0 aromatic carbocycles. The van der Waals surface area contributed by atoms with Crippen LogP contribution >= 0.6 is 11.3 Å². The summed E-state index contributed by atoms with van der Waals surface area (Å²) in [5, 5.41) is 15.6. The van der Waals surface area contributed by atoms with Crippen molar-refractivity contribution in [1.82, 2.24) is 19.6 Å². The first-order chi connectivity index (χ1) is 21.5. The molecule has 14 heteroatoms. The lowest BCUT2D eigenvalue weighted by Crippen LogP contribution is -2.35. The molecule has 0 radical (unpaired) electrons. The number of sulfone groups is 1. The van der Waals surface area contributed by atoms with Crippen LogP contribution in [0, 0.1) is 11.8 Å². The van der Waals surface area contributed by atoms with E-state index in [1.807, 2.05) is 4.90 Å². The summed E-state index contributed by atoms with van der Waals surface area (Å²) in [4.78, 5) is 12.6. The van der Waals surface area contributed by atoms with Gasteiger partial charge in [-0.25, -0.2) is 18.4 Å². The number of aliphatic hydroxyl groups is 1. The molecule has 0 saturated heterocycles. The lowest BCUT2D eigenvalue weighted by molar-refractivity contribution is 0.0937. The van der Waals surface area contributed by atoms with Gasteiger partial charge in [-0.05, 0) is 50.1 Å². The van der Waals surface area contributed by atoms with Gasteiger partial charge < -0.3 is 19.5 Å². The SMILES string of the molecule is CC(O)c1ncc(-c2cnn3c(N(COCC[Si](C)(C)C)COCC[Si](C)(C)C)c(S(C)(=O)=O)c(C4CC5CC[C@@H](C5)C4)nc23)s1. The molecule has 5 rings (SSSR count). The number of aliphatic hydroxyl groups excluding tert-OH is 1. The van der Waals surface area contributed by atoms with Crippen molar-refractivity contribution in [2.75, 3.05) is 37.8 Å². The Bertz CT molecular complexity index is 1580. The molecule has 46 heavy (non-hydrogen) atoms. The normalized spacial score (nSPS) is 21.3. The standard InChI is InChI=1S/C32H53N5O5S2Si2/c1-22(38)31-33-19-27(43-31)26-18-34-37-30(26)35-28(25-16-23-9-10-24(15-23)17-25)29(44(2,39)40)32(37)36(20-41-11-13-45(3,4)5)21-42-12-14-46(6,7)8/h18-19,22-25,38H,9-17,20-21H2,1-8H3/t22?,23-,24?,25?/m0/s1. The second-order valence-electron chi connectivity index (χ2n) is 15.9. The highest BCUT2D eigenvalue weighted by molar-refractivity contribution is 7.91. The van der Waals surface area contributed by atoms with Crippen LogP contribution in [0.25, 0.3) is 16.1 Å². The third-order valence-corrected chi connectivity index (χ3v) is 14.9. The Labute approximate surface area is 280 Å². The zero-order valence-electron chi connectivity index (χ0n) is 28.9. The van der Waals surface area contributed by atoms with Gasteiger partial charge in [0.15, 0.2) is 21.3 Å². The van der Waals surface area contributed by atoms with Gasteiger partial charge in [-0.3, -0.25) is 0 Å². The molecule has 0 spiro atoms. The maximum absolute atomic E-state index is 13.9. The number of hydrogen-bond acceptors (Lipinski definition) is 10. The summed E-state index contributed by atoms with van der Waals surface area (Å²) in [5.74, 6) is 1.69. The van der Waals surface area contributed by atoms with Crippen molar-refractivity contribution in [3.05, 3.63) is 23.1 Å². The molecule has 3 heterocycles. The van der Waals surface area contributed by atoms with E-state index in [4.69, 9.17) is 19.6 Å². The van der Waals surface area contributed by atoms with E-state index in [2.05, 4.69) is 44.3 Å². The average Bonchev–Trinajstić information content (AvgIpc) is 3.67. The van der Waals surface area contributed by atoms with Gasteiger partial charge >= 0.3 is 0 Å². The maximum atomic E-state index is 13.9. The van der Waals surface area contributed by atoms with Crippen molar-refractivity contribution in [3.8, 4) is 10.4 Å². The third kappa shape index (κ3) is 8.66. The Balaban J connectivity index is 1.66. The maximum Gasteiger partial charge on any atom is 0.181 e. The molecule has 2 bridgehead atoms. The van der Waals surface area contributed by atoms with Gasteiger partial charge in [-0.1, -0.05) is 52.1 Å². The highest BCUT2D eigenvalue weighted by atomic mass is 32.2. The lowest BCUT2D eigenvalue weighted by Gasteiger charge is -2.32. The molecule has 0 amide bonds. The molecule has 4 atom stereocenters. The predicted octanol–water partition coefficient (Wildman–Crippen LogP) is 7.03. The van der Waals surface area contributed by atoms with Gasteiger partial charge in [0.1, 0.15) is 29.5 Å². The third-order valence-electron chi connectivity index (χ3n) is 9.18. The van der Waals surface area contributed by atoms with Gasteiger partial charge in [0.25, 0.3) is 0 Å². The monoisotopic (exact) mass is 707 g/mol. The number of hydrogen-bond donors (Lipinski definition) is 1. The zero-order valence-corrected chi connectivity index (χ0v) is 32.5. The van der Waals surface area contributed by atoms with Crippen molar-refractivity contribution in [1.29, 1.82) is 0 Å². The van der Waals surface area contributed by atoms with Crippen LogP contribution in [0.2, 0.25) is 51.4 Å². The summed E-state index contributed by atoms with van der Waals surface area (Å²) < 4.78 is 42.1. The Kier molecular flexibility index (Phi) is 10.9. The molecule has 1 N–H and O–H groups in total. The van der Waals surface area contributed by atoms with E-state index in [9.17, 15) is 13.5 Å². The van der Waals surface area contributed by atoms with E-state index < -0.39 is 32.1 Å². The minimum atomic E-state index is -3.74. The number of rotatable bonds is 15. The summed E-state index contributed by atoms with van der Waals surface area (Å²) in [5.41, 5.74) is 1.99. The number of aromatic nitrogens is 4. The number of nitrogens with zero attached hydrogens (tertiary/aromatic N) is 5. The van der Waals surface area contributed by atoms with E-state index >= 15 is 0 Å². The fraction of sp³-hybridized carbons (Fsp3) is 0.719. The Morgan fingerprint density at radius 2 is 1.59 bits per heavy atom. The van der Waals surface area contributed by atoms with Crippen molar-refractivity contribution in [2.45, 2.75) is 107 Å². The van der Waals surface area contributed by atoms with Gasteiger partial charge in [0, 0.05) is 47.7 Å². The molecular formula is C32H53N5O5S2Si2. The first-order valence-corrected chi connectivity index (χ1v) is 26.8. The quantitative estimate of drug-likeness (QED) is 0.101. The number of ether oxygens (including phenoxy) is 2. The summed E-state index contributed by atoms with van der Waals surface area (Å²) in [6.45, 7) is 17.2. The Hall–Kier alpha value is -1.69. The minimum Gasteiger partial charge on any atom is -0.386 e. The molecule has 256 valence electrons. The molecule has 2 aliphatic carbocycles. The van der Waals surface area contributed by atoms with Gasteiger partial charge in [0.05, 0.1) is 22.3 Å². The molecule has 10 nitrogen and oxygen atoms in total. The zero-order chi connectivity index (χ0) is 33.4. The van der Waals surface area contributed by atoms with Crippen LogP contribution in [0.4, 0.5) is 5.82 Å². The summed E-state index contributed by atoms with van der Waals surface area (Å²) in [7, 11) is -6.42. The van der Waals surface area contributed by atoms with Crippen LogP contribution in [-0.4, -0.2) is 82.2 Å². The van der Waals surface area contributed by atoms with E-state index in [0.29, 0.717) is 47.2 Å². The van der Waals surface area contributed by atoms with Crippen LogP contribution in [0.15, 0.2) is 17.3 Å². The fourth-order valence-electron chi connectivity index (χ4n) is 6.67. The second kappa shape index (κ2) is 14.0. The molecule has 2 saturated carbocycles.